The zero-order valence-electron chi connectivity index (χ0n) is 37.8. The van der Waals surface area contributed by atoms with Crippen molar-refractivity contribution in [3.8, 4) is 17.2 Å². The lowest BCUT2D eigenvalue weighted by Gasteiger charge is -2.40. The largest absolute Gasteiger partial charge is 0.449 e. The third kappa shape index (κ3) is 17.9. The molecular formula is C47H68N7O9P. The Bertz CT molecular complexity index is 1820. The number of rotatable bonds is 29. The second-order valence-corrected chi connectivity index (χ2v) is 17.4. The molecule has 0 heterocycles. The molecule has 5 N–H and O–H groups in total. The Kier molecular flexibility index (Phi) is 23.3. The summed E-state index contributed by atoms with van der Waals surface area (Å²) in [6, 6.07) is 18.2. The van der Waals surface area contributed by atoms with Gasteiger partial charge in [0, 0.05) is 62.9 Å². The number of hydrazine groups is 1. The van der Waals surface area contributed by atoms with Crippen molar-refractivity contribution < 1.29 is 42.9 Å². The Morgan fingerprint density at radius 2 is 1.31 bits per heavy atom. The molecule has 4 rings (SSSR count). The minimum Gasteiger partial charge on any atom is -0.449 e. The van der Waals surface area contributed by atoms with E-state index in [1.54, 1.807) is 5.01 Å². The molecule has 0 fully saturated rings. The summed E-state index contributed by atoms with van der Waals surface area (Å²) in [5.74, 6) is -0.271. The number of amides is 4. The van der Waals surface area contributed by atoms with Crippen molar-refractivity contribution in [1.29, 1.82) is 5.26 Å². The van der Waals surface area contributed by atoms with E-state index >= 15 is 0 Å². The summed E-state index contributed by atoms with van der Waals surface area (Å²) in [6.07, 6.45) is 11.6. The minimum atomic E-state index is -2.42. The molecule has 0 aliphatic heterocycles. The van der Waals surface area contributed by atoms with Gasteiger partial charge in [-0.3, -0.25) is 14.4 Å². The van der Waals surface area contributed by atoms with E-state index in [9.17, 15) is 24.1 Å². The Labute approximate surface area is 380 Å². The molecule has 2 aromatic carbocycles. The number of allylic oxidation sites excluding steroid dienone is 3. The summed E-state index contributed by atoms with van der Waals surface area (Å²) in [6.45, 7) is 9.21. The fourth-order valence-electron chi connectivity index (χ4n) is 7.52. The molecule has 0 saturated carbocycles. The molecule has 3 atom stereocenters. The molecule has 17 heteroatoms. The normalized spacial score (nSPS) is 15.1. The molecule has 3 unspecified atom stereocenters. The highest BCUT2D eigenvalue weighted by atomic mass is 31.2. The van der Waals surface area contributed by atoms with Crippen LogP contribution in [0.25, 0.3) is 11.1 Å². The molecule has 0 radical (unpaired) electrons. The van der Waals surface area contributed by atoms with Crippen LogP contribution in [0.2, 0.25) is 0 Å². The van der Waals surface area contributed by atoms with Gasteiger partial charge in [0.1, 0.15) is 12.7 Å². The lowest BCUT2D eigenvalue weighted by atomic mass is 9.98. The number of hydrogen-bond acceptors (Lipinski definition) is 12. The molecule has 0 saturated heterocycles. The van der Waals surface area contributed by atoms with Crippen LogP contribution in [0.1, 0.15) is 109 Å². The molecule has 0 bridgehead atoms. The fraction of sp³-hybridized carbons (Fsp3) is 0.553. The van der Waals surface area contributed by atoms with Crippen molar-refractivity contribution in [3.05, 3.63) is 84.0 Å². The molecule has 0 aromatic heterocycles. The number of unbranched alkanes of at least 4 members (excludes halogenated alkanes) is 4. The van der Waals surface area contributed by atoms with Crippen molar-refractivity contribution in [1.82, 2.24) is 31.2 Å². The van der Waals surface area contributed by atoms with Crippen LogP contribution in [0.15, 0.2) is 72.8 Å². The van der Waals surface area contributed by atoms with E-state index in [1.165, 1.54) is 16.1 Å². The summed E-state index contributed by atoms with van der Waals surface area (Å²) < 4.78 is 17.0. The van der Waals surface area contributed by atoms with Crippen molar-refractivity contribution in [2.75, 3.05) is 46.0 Å². The van der Waals surface area contributed by atoms with Gasteiger partial charge < -0.3 is 40.2 Å². The van der Waals surface area contributed by atoms with Crippen molar-refractivity contribution >= 4 is 32.5 Å². The third-order valence-electron chi connectivity index (χ3n) is 10.7. The standard InChI is InChI=1S/C47H68N7O9P/c1-35(2)53(36(3)4)54(62-30-18-27-48)64(59)63-38(31-51-44(55)25-10-6-16-28-49-46(57)60-33-37-19-8-5-9-20-37)32-52-45(56)26-11-7-17-29-50-47(58)61-34-43-41-23-14-12-21-39(41)40-22-13-15-24-42(40)43/h5,8-9,12-15,19,21-24,35-38,43,59H,6-7,10-11,16-18,20,25-26,28-34H2,1-4H3,(H,49,57)(H,50,58)(H,51,55)(H,52,56). The Balaban J connectivity index is 1.17. The van der Waals surface area contributed by atoms with Crippen LogP contribution >= 0.6 is 8.53 Å². The number of nitrogens with one attached hydrogen (secondary N) is 4. The predicted molar refractivity (Wildman–Crippen MR) is 246 cm³/mol. The van der Waals surface area contributed by atoms with Crippen molar-refractivity contribution in [2.45, 2.75) is 116 Å². The zero-order chi connectivity index (χ0) is 46.1. The van der Waals surface area contributed by atoms with Crippen LogP contribution < -0.4 is 21.3 Å². The highest BCUT2D eigenvalue weighted by Gasteiger charge is 2.33. The quantitative estimate of drug-likeness (QED) is 0.0306. The lowest BCUT2D eigenvalue weighted by molar-refractivity contribution is -0.246. The molecule has 0 spiro atoms. The molecule has 2 aromatic rings. The van der Waals surface area contributed by atoms with Crippen molar-refractivity contribution in [3.63, 3.8) is 0 Å². The average molecular weight is 906 g/mol. The van der Waals surface area contributed by atoms with E-state index in [-0.39, 0.29) is 81.3 Å². The van der Waals surface area contributed by atoms with Gasteiger partial charge in [0.05, 0.1) is 25.7 Å². The first-order chi connectivity index (χ1) is 31.0. The third-order valence-corrected chi connectivity index (χ3v) is 11.8. The number of carbonyl (C=O) groups is 4. The first-order valence-corrected chi connectivity index (χ1v) is 23.7. The van der Waals surface area contributed by atoms with E-state index < -0.39 is 26.8 Å². The Morgan fingerprint density at radius 3 is 1.83 bits per heavy atom. The molecule has 4 amide bonds. The number of ether oxygens (including phenoxy) is 2. The maximum atomic E-state index is 13.0. The van der Waals surface area contributed by atoms with Crippen LogP contribution in [0.5, 0.6) is 0 Å². The average Bonchev–Trinajstić information content (AvgIpc) is 3.61. The Hall–Kier alpha value is -4.88. The minimum absolute atomic E-state index is 0.00669. The molecule has 2 aliphatic carbocycles. The SMILES string of the molecule is CC(C)N(C(C)C)N(OCCC#N)P(O)OC(CNC(=O)CCCCCNC(=O)OCC1C=CC=CC1)CNC(=O)CCCCCNC(=O)OCC1c2ccccc2-c2ccccc21. The summed E-state index contributed by atoms with van der Waals surface area (Å²) in [7, 11) is -2.42. The smallest absolute Gasteiger partial charge is 0.407 e. The summed E-state index contributed by atoms with van der Waals surface area (Å²) >= 11 is 0. The van der Waals surface area contributed by atoms with E-state index in [2.05, 4.69) is 45.5 Å². The number of alkyl carbamates (subject to hydrolysis) is 2. The summed E-state index contributed by atoms with van der Waals surface area (Å²) in [5, 5.41) is 22.2. The maximum Gasteiger partial charge on any atom is 0.407 e. The van der Waals surface area contributed by atoms with Gasteiger partial charge in [-0.1, -0.05) is 85.7 Å². The second kappa shape index (κ2) is 28.8. The molecule has 64 heavy (non-hydrogen) atoms. The lowest BCUT2D eigenvalue weighted by Crippen LogP contribution is -2.49. The number of nitrogens with zero attached hydrogens (tertiary/aromatic N) is 3. The highest BCUT2D eigenvalue weighted by Crippen LogP contribution is 2.44. The number of nitriles is 1. The molecular weight excluding hydrogens is 838 g/mol. The predicted octanol–water partition coefficient (Wildman–Crippen LogP) is 7.52. The van der Waals surface area contributed by atoms with Gasteiger partial charge in [0.15, 0.2) is 0 Å². The van der Waals surface area contributed by atoms with Gasteiger partial charge in [-0.15, -0.1) is 0 Å². The van der Waals surface area contributed by atoms with E-state index in [4.69, 9.17) is 24.1 Å². The summed E-state index contributed by atoms with van der Waals surface area (Å²) in [4.78, 5) is 68.9. The van der Waals surface area contributed by atoms with Gasteiger partial charge in [0.25, 0.3) is 8.53 Å². The van der Waals surface area contributed by atoms with Crippen LogP contribution in [0.3, 0.4) is 0 Å². The number of fused-ring (bicyclic) bond motifs is 3. The maximum absolute atomic E-state index is 13.0. The van der Waals surface area contributed by atoms with Crippen LogP contribution in [-0.4, -0.2) is 103 Å². The number of hydrogen-bond donors (Lipinski definition) is 5. The van der Waals surface area contributed by atoms with Crippen molar-refractivity contribution in [2.24, 2.45) is 5.92 Å². The van der Waals surface area contributed by atoms with Crippen LogP contribution in [-0.2, 0) is 28.4 Å². The Morgan fingerprint density at radius 1 is 0.766 bits per heavy atom. The second-order valence-electron chi connectivity index (χ2n) is 16.4. The van der Waals surface area contributed by atoms with E-state index in [0.717, 1.165) is 17.5 Å². The summed E-state index contributed by atoms with van der Waals surface area (Å²) in [5.41, 5.74) is 4.63. The molecule has 2 aliphatic rings. The van der Waals surface area contributed by atoms with Gasteiger partial charge in [-0.25, -0.2) is 14.6 Å². The van der Waals surface area contributed by atoms with E-state index in [1.807, 2.05) is 82.3 Å². The monoisotopic (exact) mass is 905 g/mol. The first-order valence-electron chi connectivity index (χ1n) is 22.6. The zero-order valence-corrected chi connectivity index (χ0v) is 38.7. The first kappa shape index (κ1) is 51.8. The molecule has 350 valence electrons. The number of benzene rings is 2. The highest BCUT2D eigenvalue weighted by molar-refractivity contribution is 7.43. The van der Waals surface area contributed by atoms with Gasteiger partial charge in [-0.2, -0.15) is 5.26 Å². The topological polar surface area (TPSA) is 204 Å². The molecule has 16 nitrogen and oxygen atoms in total. The van der Waals surface area contributed by atoms with Crippen LogP contribution in [0.4, 0.5) is 9.59 Å². The van der Waals surface area contributed by atoms with E-state index in [0.29, 0.717) is 58.2 Å². The van der Waals surface area contributed by atoms with Gasteiger partial charge in [0.2, 0.25) is 11.8 Å². The van der Waals surface area contributed by atoms with Gasteiger partial charge >= 0.3 is 12.2 Å². The van der Waals surface area contributed by atoms with Crippen LogP contribution in [0, 0.1) is 17.2 Å². The van der Waals surface area contributed by atoms with Gasteiger partial charge in [-0.05, 0) is 87.0 Å². The fourth-order valence-corrected chi connectivity index (χ4v) is 8.78. The number of carbonyl (C=O) groups excluding carboxylic acids is 4.